The van der Waals surface area contributed by atoms with Crippen LogP contribution < -0.4 is 5.32 Å². The Balaban J connectivity index is 1.53. The van der Waals surface area contributed by atoms with E-state index in [1.54, 1.807) is 12.1 Å². The van der Waals surface area contributed by atoms with Crippen LogP contribution in [0.5, 0.6) is 0 Å². The molecule has 0 radical (unpaired) electrons. The lowest BCUT2D eigenvalue weighted by Crippen LogP contribution is -2.46. The van der Waals surface area contributed by atoms with Crippen molar-refractivity contribution in [2.75, 3.05) is 13.7 Å². The average Bonchev–Trinajstić information content (AvgIpc) is 3.21. The van der Waals surface area contributed by atoms with Crippen molar-refractivity contribution < 1.29 is 19.4 Å². The SMILES string of the molecule is COC(=O)C1CCC(O)(CNC(=O)c2ccc(-n3cccc3)cc2)CC1. The Hall–Kier alpha value is -2.60. The van der Waals surface area contributed by atoms with Crippen molar-refractivity contribution in [3.8, 4) is 5.69 Å². The fourth-order valence-corrected chi connectivity index (χ4v) is 3.37. The van der Waals surface area contributed by atoms with Crippen LogP contribution in [-0.2, 0) is 9.53 Å². The fourth-order valence-electron chi connectivity index (χ4n) is 3.37. The number of amides is 1. The van der Waals surface area contributed by atoms with Gasteiger partial charge < -0.3 is 19.7 Å². The van der Waals surface area contributed by atoms with E-state index in [1.807, 2.05) is 41.2 Å². The van der Waals surface area contributed by atoms with E-state index in [4.69, 9.17) is 4.74 Å². The number of carbonyl (C=O) groups is 2. The number of methoxy groups -OCH3 is 1. The molecular weight excluding hydrogens is 332 g/mol. The third kappa shape index (κ3) is 4.14. The van der Waals surface area contributed by atoms with Crippen molar-refractivity contribution in [2.24, 2.45) is 5.92 Å². The number of hydrogen-bond acceptors (Lipinski definition) is 4. The molecule has 0 atom stereocenters. The van der Waals surface area contributed by atoms with E-state index in [0.717, 1.165) is 5.69 Å². The van der Waals surface area contributed by atoms with Crippen molar-refractivity contribution in [1.29, 1.82) is 0 Å². The average molecular weight is 356 g/mol. The molecule has 0 spiro atoms. The summed E-state index contributed by atoms with van der Waals surface area (Å²) in [6.07, 6.45) is 5.97. The highest BCUT2D eigenvalue weighted by Gasteiger charge is 2.36. The Morgan fingerprint density at radius 3 is 2.38 bits per heavy atom. The number of esters is 1. The molecule has 1 fully saturated rings. The summed E-state index contributed by atoms with van der Waals surface area (Å²) in [5.41, 5.74) is 0.560. The lowest BCUT2D eigenvalue weighted by Gasteiger charge is -2.35. The number of carbonyl (C=O) groups excluding carboxylic acids is 2. The van der Waals surface area contributed by atoms with Gasteiger partial charge in [-0.05, 0) is 62.1 Å². The number of aromatic nitrogens is 1. The Labute approximate surface area is 152 Å². The van der Waals surface area contributed by atoms with E-state index in [9.17, 15) is 14.7 Å². The van der Waals surface area contributed by atoms with E-state index >= 15 is 0 Å². The number of aliphatic hydroxyl groups is 1. The lowest BCUT2D eigenvalue weighted by molar-refractivity contribution is -0.148. The highest BCUT2D eigenvalue weighted by Crippen LogP contribution is 2.32. The predicted molar refractivity (Wildman–Crippen MR) is 97.0 cm³/mol. The molecule has 1 aromatic carbocycles. The summed E-state index contributed by atoms with van der Waals surface area (Å²) in [5, 5.41) is 13.4. The molecule has 0 unspecified atom stereocenters. The van der Waals surface area contributed by atoms with E-state index in [1.165, 1.54) is 7.11 Å². The molecule has 6 heteroatoms. The minimum atomic E-state index is -0.967. The summed E-state index contributed by atoms with van der Waals surface area (Å²) in [4.78, 5) is 23.9. The van der Waals surface area contributed by atoms with E-state index in [0.29, 0.717) is 31.2 Å². The standard InChI is InChI=1S/C20H24N2O4/c1-26-19(24)16-8-10-20(25,11-9-16)14-21-18(23)15-4-6-17(7-5-15)22-12-2-3-13-22/h2-7,12-13,16,25H,8-11,14H2,1H3,(H,21,23). The monoisotopic (exact) mass is 356 g/mol. The highest BCUT2D eigenvalue weighted by molar-refractivity contribution is 5.94. The van der Waals surface area contributed by atoms with Gasteiger partial charge in [0.15, 0.2) is 0 Å². The minimum absolute atomic E-state index is 0.155. The van der Waals surface area contributed by atoms with Gasteiger partial charge in [-0.15, -0.1) is 0 Å². The summed E-state index contributed by atoms with van der Waals surface area (Å²) in [6, 6.07) is 11.2. The van der Waals surface area contributed by atoms with Crippen LogP contribution in [0.2, 0.25) is 0 Å². The van der Waals surface area contributed by atoms with Crippen LogP contribution >= 0.6 is 0 Å². The van der Waals surface area contributed by atoms with E-state index < -0.39 is 5.60 Å². The molecule has 1 aliphatic carbocycles. The Bertz CT molecular complexity index is 745. The van der Waals surface area contributed by atoms with Gasteiger partial charge in [0.25, 0.3) is 5.91 Å². The van der Waals surface area contributed by atoms with E-state index in [-0.39, 0.29) is 24.3 Å². The second kappa shape index (κ2) is 7.74. The third-order valence-electron chi connectivity index (χ3n) is 5.06. The molecule has 26 heavy (non-hydrogen) atoms. The largest absolute Gasteiger partial charge is 0.469 e. The molecule has 1 aliphatic rings. The van der Waals surface area contributed by atoms with E-state index in [2.05, 4.69) is 5.32 Å². The van der Waals surface area contributed by atoms with Crippen molar-refractivity contribution in [1.82, 2.24) is 9.88 Å². The molecule has 1 amide bonds. The Morgan fingerprint density at radius 1 is 1.19 bits per heavy atom. The van der Waals surface area contributed by atoms with Crippen LogP contribution in [0.3, 0.4) is 0 Å². The van der Waals surface area contributed by atoms with Gasteiger partial charge in [0.1, 0.15) is 0 Å². The maximum Gasteiger partial charge on any atom is 0.308 e. The normalized spacial score (nSPS) is 22.6. The van der Waals surface area contributed by atoms with Gasteiger partial charge in [0, 0.05) is 30.2 Å². The van der Waals surface area contributed by atoms with Crippen molar-refractivity contribution >= 4 is 11.9 Å². The second-order valence-corrected chi connectivity index (χ2v) is 6.84. The van der Waals surface area contributed by atoms with Crippen LogP contribution in [0.25, 0.3) is 5.69 Å². The maximum absolute atomic E-state index is 12.3. The van der Waals surface area contributed by atoms with Gasteiger partial charge in [0.05, 0.1) is 18.6 Å². The van der Waals surface area contributed by atoms with Gasteiger partial charge in [-0.25, -0.2) is 0 Å². The zero-order valence-corrected chi connectivity index (χ0v) is 14.9. The number of benzene rings is 1. The summed E-state index contributed by atoms with van der Waals surface area (Å²) < 4.78 is 6.72. The molecule has 0 aliphatic heterocycles. The molecule has 6 nitrogen and oxygen atoms in total. The van der Waals surface area contributed by atoms with Crippen molar-refractivity contribution in [2.45, 2.75) is 31.3 Å². The van der Waals surface area contributed by atoms with Crippen LogP contribution in [-0.4, -0.2) is 40.8 Å². The third-order valence-corrected chi connectivity index (χ3v) is 5.06. The molecule has 138 valence electrons. The van der Waals surface area contributed by atoms with Crippen LogP contribution in [0.1, 0.15) is 36.0 Å². The molecule has 0 saturated heterocycles. The number of rotatable bonds is 5. The summed E-state index contributed by atoms with van der Waals surface area (Å²) in [5.74, 6) is -0.594. The first-order valence-electron chi connectivity index (χ1n) is 8.82. The van der Waals surface area contributed by atoms with Crippen LogP contribution in [0.4, 0.5) is 0 Å². The molecule has 2 aromatic rings. The number of ether oxygens (including phenoxy) is 1. The zero-order chi connectivity index (χ0) is 18.6. The summed E-state index contributed by atoms with van der Waals surface area (Å²) in [7, 11) is 1.38. The van der Waals surface area contributed by atoms with Crippen LogP contribution in [0, 0.1) is 5.92 Å². The predicted octanol–water partition coefficient (Wildman–Crippen LogP) is 2.30. The van der Waals surface area contributed by atoms with Gasteiger partial charge >= 0.3 is 5.97 Å². The van der Waals surface area contributed by atoms with Gasteiger partial charge in [-0.1, -0.05) is 0 Å². The highest BCUT2D eigenvalue weighted by atomic mass is 16.5. The first kappa shape index (κ1) is 18.2. The first-order chi connectivity index (χ1) is 12.5. The zero-order valence-electron chi connectivity index (χ0n) is 14.9. The van der Waals surface area contributed by atoms with Crippen LogP contribution in [0.15, 0.2) is 48.8 Å². The molecule has 2 N–H and O–H groups in total. The first-order valence-corrected chi connectivity index (χ1v) is 8.82. The van der Waals surface area contributed by atoms with Crippen molar-refractivity contribution in [3.05, 3.63) is 54.4 Å². The van der Waals surface area contributed by atoms with Gasteiger partial charge in [-0.2, -0.15) is 0 Å². The lowest BCUT2D eigenvalue weighted by atomic mass is 9.78. The smallest absolute Gasteiger partial charge is 0.308 e. The van der Waals surface area contributed by atoms with Crippen molar-refractivity contribution in [3.63, 3.8) is 0 Å². The molecule has 3 rings (SSSR count). The summed E-state index contributed by atoms with van der Waals surface area (Å²) in [6.45, 7) is 0.180. The molecule has 1 aromatic heterocycles. The molecular formula is C20H24N2O4. The molecule has 1 saturated carbocycles. The molecule has 0 bridgehead atoms. The maximum atomic E-state index is 12.3. The molecule has 1 heterocycles. The fraction of sp³-hybridized carbons (Fsp3) is 0.400. The number of hydrogen-bond donors (Lipinski definition) is 2. The Morgan fingerprint density at radius 2 is 1.81 bits per heavy atom. The quantitative estimate of drug-likeness (QED) is 0.806. The minimum Gasteiger partial charge on any atom is -0.469 e. The Kier molecular flexibility index (Phi) is 5.42. The number of nitrogens with zero attached hydrogens (tertiary/aromatic N) is 1. The summed E-state index contributed by atoms with van der Waals surface area (Å²) >= 11 is 0. The number of nitrogens with one attached hydrogen (secondary N) is 1. The second-order valence-electron chi connectivity index (χ2n) is 6.84. The van der Waals surface area contributed by atoms with Gasteiger partial charge in [0.2, 0.25) is 0 Å². The topological polar surface area (TPSA) is 80.6 Å². The van der Waals surface area contributed by atoms with Gasteiger partial charge in [-0.3, -0.25) is 9.59 Å².